The van der Waals surface area contributed by atoms with Crippen molar-refractivity contribution in [1.29, 1.82) is 0 Å². The second-order valence-corrected chi connectivity index (χ2v) is 4.59. The van der Waals surface area contributed by atoms with E-state index in [1.54, 1.807) is 0 Å². The molecule has 0 unspecified atom stereocenters. The summed E-state index contributed by atoms with van der Waals surface area (Å²) in [5.41, 5.74) is 5.46. The van der Waals surface area contributed by atoms with Gasteiger partial charge < -0.3 is 11.1 Å². The Hall–Kier alpha value is -0.820. The van der Waals surface area contributed by atoms with E-state index in [1.807, 2.05) is 10.2 Å². The van der Waals surface area contributed by atoms with Crippen LogP contribution >= 0.6 is 0 Å². The van der Waals surface area contributed by atoms with E-state index >= 15 is 0 Å². The molecule has 1 aliphatic rings. The Morgan fingerprint density at radius 2 is 1.94 bits per heavy atom. The Kier molecular flexibility index (Phi) is 5.87. The van der Waals surface area contributed by atoms with Gasteiger partial charge in [-0.1, -0.05) is 12.8 Å². The van der Waals surface area contributed by atoms with Crippen LogP contribution in [0.4, 0.5) is 13.2 Å². The van der Waals surface area contributed by atoms with E-state index in [0.29, 0.717) is 13.1 Å². The number of hydrogen-bond donors (Lipinski definition) is 2. The third-order valence-corrected chi connectivity index (χ3v) is 3.09. The molecule has 1 rings (SSSR count). The molecule has 1 fully saturated rings. The van der Waals surface area contributed by atoms with Gasteiger partial charge in [-0.25, -0.2) is 0 Å². The molecule has 0 aromatic rings. The molecule has 1 aliphatic carbocycles. The Balaban J connectivity index is 2.37. The fourth-order valence-corrected chi connectivity index (χ4v) is 2.27. The molecule has 0 heterocycles. The Morgan fingerprint density at radius 1 is 1.33 bits per heavy atom. The number of amides is 1. The van der Waals surface area contributed by atoms with E-state index in [9.17, 15) is 18.0 Å². The van der Waals surface area contributed by atoms with Crippen LogP contribution in [0.25, 0.3) is 0 Å². The van der Waals surface area contributed by atoms with Crippen molar-refractivity contribution in [3.8, 4) is 0 Å². The first kappa shape index (κ1) is 15.2. The van der Waals surface area contributed by atoms with Gasteiger partial charge in [0.2, 0.25) is 5.91 Å². The van der Waals surface area contributed by atoms with E-state index in [4.69, 9.17) is 5.73 Å². The van der Waals surface area contributed by atoms with Crippen LogP contribution in [0, 0.1) is 0 Å². The highest BCUT2D eigenvalue weighted by atomic mass is 19.4. The molecule has 7 heteroatoms. The highest BCUT2D eigenvalue weighted by Gasteiger charge is 2.29. The van der Waals surface area contributed by atoms with Gasteiger partial charge in [0.1, 0.15) is 6.54 Å². The molecule has 0 radical (unpaired) electrons. The summed E-state index contributed by atoms with van der Waals surface area (Å²) in [7, 11) is 0. The van der Waals surface area contributed by atoms with Gasteiger partial charge in [0, 0.05) is 19.1 Å². The van der Waals surface area contributed by atoms with Crippen molar-refractivity contribution in [1.82, 2.24) is 10.2 Å². The Morgan fingerprint density at radius 3 is 2.44 bits per heavy atom. The number of alkyl halides is 3. The van der Waals surface area contributed by atoms with Gasteiger partial charge in [-0.3, -0.25) is 9.69 Å². The molecule has 0 aliphatic heterocycles. The standard InChI is InChI=1S/C11H20F3N3O/c12-11(13,14)8-16-10(18)7-17(6-5-15)9-3-1-2-4-9/h9H,1-8,15H2,(H,16,18). The molecule has 0 saturated heterocycles. The molecule has 1 amide bonds. The first-order chi connectivity index (χ1) is 8.42. The SMILES string of the molecule is NCCN(CC(=O)NCC(F)(F)F)C1CCCC1. The van der Waals surface area contributed by atoms with Crippen molar-refractivity contribution < 1.29 is 18.0 Å². The molecule has 1 saturated carbocycles. The molecule has 0 aromatic carbocycles. The van der Waals surface area contributed by atoms with E-state index in [0.717, 1.165) is 25.7 Å². The van der Waals surface area contributed by atoms with Crippen molar-refractivity contribution in [2.75, 3.05) is 26.2 Å². The van der Waals surface area contributed by atoms with E-state index in [2.05, 4.69) is 0 Å². The van der Waals surface area contributed by atoms with Gasteiger partial charge >= 0.3 is 6.18 Å². The first-order valence-corrected chi connectivity index (χ1v) is 6.20. The number of carbonyl (C=O) groups is 1. The van der Waals surface area contributed by atoms with E-state index < -0.39 is 18.6 Å². The summed E-state index contributed by atoms with van der Waals surface area (Å²) in [6, 6.07) is 0.283. The lowest BCUT2D eigenvalue weighted by Gasteiger charge is -2.27. The van der Waals surface area contributed by atoms with E-state index in [1.165, 1.54) is 0 Å². The molecular weight excluding hydrogens is 247 g/mol. The summed E-state index contributed by atoms with van der Waals surface area (Å²) < 4.78 is 35.9. The van der Waals surface area contributed by atoms with Crippen LogP contribution in [-0.2, 0) is 4.79 Å². The molecule has 106 valence electrons. The summed E-state index contributed by atoms with van der Waals surface area (Å²) in [6.45, 7) is -0.321. The second kappa shape index (κ2) is 6.94. The molecule has 4 nitrogen and oxygen atoms in total. The smallest absolute Gasteiger partial charge is 0.346 e. The Bertz CT molecular complexity index is 265. The van der Waals surface area contributed by atoms with Gasteiger partial charge in [-0.15, -0.1) is 0 Å². The molecule has 0 atom stereocenters. The lowest BCUT2D eigenvalue weighted by molar-refractivity contribution is -0.139. The van der Waals surface area contributed by atoms with Gasteiger partial charge in [0.25, 0.3) is 0 Å². The zero-order valence-corrected chi connectivity index (χ0v) is 10.3. The third-order valence-electron chi connectivity index (χ3n) is 3.09. The fraction of sp³-hybridized carbons (Fsp3) is 0.909. The maximum Gasteiger partial charge on any atom is 0.405 e. The highest BCUT2D eigenvalue weighted by molar-refractivity contribution is 5.78. The third kappa shape index (κ3) is 5.68. The molecule has 0 bridgehead atoms. The average Bonchev–Trinajstić information content (AvgIpc) is 2.78. The van der Waals surface area contributed by atoms with Crippen LogP contribution in [0.3, 0.4) is 0 Å². The van der Waals surface area contributed by atoms with Crippen LogP contribution in [-0.4, -0.2) is 49.2 Å². The minimum absolute atomic E-state index is 0.00204. The number of hydrogen-bond acceptors (Lipinski definition) is 3. The normalized spacial score (nSPS) is 17.4. The lowest BCUT2D eigenvalue weighted by atomic mass is 10.2. The van der Waals surface area contributed by atoms with Gasteiger partial charge in [0.05, 0.1) is 6.54 Å². The van der Waals surface area contributed by atoms with E-state index in [-0.39, 0.29) is 12.6 Å². The summed E-state index contributed by atoms with van der Waals surface area (Å²) in [4.78, 5) is 13.3. The molecule has 3 N–H and O–H groups in total. The second-order valence-electron chi connectivity index (χ2n) is 4.59. The first-order valence-electron chi connectivity index (χ1n) is 6.20. The fourth-order valence-electron chi connectivity index (χ4n) is 2.27. The molecule has 0 spiro atoms. The topological polar surface area (TPSA) is 58.4 Å². The maximum absolute atomic E-state index is 12.0. The molecule has 18 heavy (non-hydrogen) atoms. The van der Waals surface area contributed by atoms with Crippen molar-refractivity contribution in [2.24, 2.45) is 5.73 Å². The average molecular weight is 267 g/mol. The monoisotopic (exact) mass is 267 g/mol. The van der Waals surface area contributed by atoms with Crippen molar-refractivity contribution in [3.63, 3.8) is 0 Å². The minimum atomic E-state index is -4.36. The quantitative estimate of drug-likeness (QED) is 0.750. The van der Waals surface area contributed by atoms with Gasteiger partial charge in [0.15, 0.2) is 0 Å². The van der Waals surface area contributed by atoms with Crippen molar-refractivity contribution >= 4 is 5.91 Å². The predicted molar refractivity (Wildman–Crippen MR) is 61.9 cm³/mol. The number of nitrogens with two attached hydrogens (primary N) is 1. The van der Waals surface area contributed by atoms with Crippen molar-refractivity contribution in [3.05, 3.63) is 0 Å². The van der Waals surface area contributed by atoms with Crippen LogP contribution in [0.2, 0.25) is 0 Å². The zero-order chi connectivity index (χ0) is 13.6. The largest absolute Gasteiger partial charge is 0.405 e. The predicted octanol–water partition coefficient (Wildman–Crippen LogP) is 0.868. The van der Waals surface area contributed by atoms with Gasteiger partial charge in [-0.2, -0.15) is 13.2 Å². The lowest BCUT2D eigenvalue weighted by Crippen LogP contribution is -2.45. The van der Waals surface area contributed by atoms with Crippen LogP contribution in [0.5, 0.6) is 0 Å². The van der Waals surface area contributed by atoms with Gasteiger partial charge in [-0.05, 0) is 12.8 Å². The maximum atomic E-state index is 12.0. The molecule has 0 aromatic heterocycles. The van der Waals surface area contributed by atoms with Crippen LogP contribution in [0.1, 0.15) is 25.7 Å². The number of nitrogens with one attached hydrogen (secondary N) is 1. The zero-order valence-electron chi connectivity index (χ0n) is 10.3. The Labute approximate surface area is 105 Å². The number of nitrogens with zero attached hydrogens (tertiary/aromatic N) is 1. The minimum Gasteiger partial charge on any atom is -0.346 e. The summed E-state index contributed by atoms with van der Waals surface area (Å²) in [6.07, 6.45) is -0.160. The van der Waals surface area contributed by atoms with Crippen LogP contribution in [0.15, 0.2) is 0 Å². The number of halogens is 3. The summed E-state index contributed by atoms with van der Waals surface area (Å²) in [5, 5.41) is 1.89. The molecular formula is C11H20F3N3O. The van der Waals surface area contributed by atoms with Crippen molar-refractivity contribution in [2.45, 2.75) is 37.9 Å². The van der Waals surface area contributed by atoms with Crippen LogP contribution < -0.4 is 11.1 Å². The summed E-state index contributed by atoms with van der Waals surface area (Å²) in [5.74, 6) is -0.590. The highest BCUT2D eigenvalue weighted by Crippen LogP contribution is 2.22. The summed E-state index contributed by atoms with van der Waals surface area (Å²) >= 11 is 0. The number of rotatable bonds is 6. The number of carbonyl (C=O) groups excluding carboxylic acids is 1.